The smallest absolute Gasteiger partial charge is 0.119 e. The third-order valence-corrected chi connectivity index (χ3v) is 3.32. The second-order valence-corrected chi connectivity index (χ2v) is 5.14. The molecule has 98 valence electrons. The van der Waals surface area contributed by atoms with Crippen LogP contribution in [0.2, 0.25) is 0 Å². The van der Waals surface area contributed by atoms with Crippen molar-refractivity contribution in [2.45, 2.75) is 51.7 Å². The van der Waals surface area contributed by atoms with E-state index in [4.69, 9.17) is 10.5 Å². The van der Waals surface area contributed by atoms with E-state index in [9.17, 15) is 0 Å². The first-order valence-corrected chi connectivity index (χ1v) is 6.66. The second kappa shape index (κ2) is 5.89. The molecule has 1 aliphatic carbocycles. The number of nitrogens with zero attached hydrogens (tertiary/aromatic N) is 1. The molecule has 2 N–H and O–H groups in total. The zero-order chi connectivity index (χ0) is 13.0. The number of rotatable bonds is 3. The average molecular weight is 246 g/mol. The molecule has 0 aromatic heterocycles. The Bertz CT molecular complexity index is 416. The Kier molecular flexibility index (Phi) is 4.24. The first-order chi connectivity index (χ1) is 8.63. The fourth-order valence-corrected chi connectivity index (χ4v) is 2.46. The maximum Gasteiger partial charge on any atom is 0.119 e. The van der Waals surface area contributed by atoms with Crippen LogP contribution in [0.1, 0.15) is 38.2 Å². The van der Waals surface area contributed by atoms with Gasteiger partial charge in [0, 0.05) is 0 Å². The van der Waals surface area contributed by atoms with E-state index in [1.54, 1.807) is 0 Å². The van der Waals surface area contributed by atoms with Crippen molar-refractivity contribution in [3.8, 4) is 5.75 Å². The summed E-state index contributed by atoms with van der Waals surface area (Å²) in [5, 5.41) is 0. The molecule has 18 heavy (non-hydrogen) atoms. The lowest BCUT2D eigenvalue weighted by atomic mass is 9.93. The van der Waals surface area contributed by atoms with Gasteiger partial charge in [-0.05, 0) is 57.2 Å². The first-order valence-electron chi connectivity index (χ1n) is 6.66. The summed E-state index contributed by atoms with van der Waals surface area (Å²) in [6.07, 6.45) is 4.61. The molecule has 1 aromatic rings. The molecule has 0 bridgehead atoms. The van der Waals surface area contributed by atoms with E-state index < -0.39 is 0 Å². The van der Waals surface area contributed by atoms with Gasteiger partial charge in [0.1, 0.15) is 5.75 Å². The minimum atomic E-state index is 0.330. The number of amidine groups is 1. The van der Waals surface area contributed by atoms with Gasteiger partial charge in [-0.3, -0.25) is 4.99 Å². The highest BCUT2D eigenvalue weighted by atomic mass is 16.5. The topological polar surface area (TPSA) is 47.6 Å². The van der Waals surface area contributed by atoms with Crippen LogP contribution < -0.4 is 10.5 Å². The van der Waals surface area contributed by atoms with Gasteiger partial charge in [-0.15, -0.1) is 0 Å². The Morgan fingerprint density at radius 2 is 2.00 bits per heavy atom. The van der Waals surface area contributed by atoms with Gasteiger partial charge >= 0.3 is 0 Å². The predicted octanol–water partition coefficient (Wildman–Crippen LogP) is 3.06. The molecule has 1 aliphatic rings. The highest BCUT2D eigenvalue weighted by molar-refractivity contribution is 5.77. The molecule has 1 aromatic carbocycles. The lowest BCUT2D eigenvalue weighted by Crippen LogP contribution is -2.27. The summed E-state index contributed by atoms with van der Waals surface area (Å²) < 4.78 is 6.01. The molecule has 0 radical (unpaired) electrons. The molecule has 0 saturated heterocycles. The molecular weight excluding hydrogens is 224 g/mol. The number of nitrogens with two attached hydrogens (primary N) is 1. The number of aryl methyl sites for hydroxylation is 1. The van der Waals surface area contributed by atoms with Crippen molar-refractivity contribution < 1.29 is 4.74 Å². The third-order valence-electron chi connectivity index (χ3n) is 3.32. The lowest BCUT2D eigenvalue weighted by Gasteiger charge is -2.27. The fourth-order valence-electron chi connectivity index (χ4n) is 2.46. The predicted molar refractivity (Wildman–Crippen MR) is 75.1 cm³/mol. The summed E-state index contributed by atoms with van der Waals surface area (Å²) in [6.45, 7) is 3.94. The Hall–Kier alpha value is -1.51. The van der Waals surface area contributed by atoms with Crippen LogP contribution in [-0.4, -0.2) is 18.0 Å². The average Bonchev–Trinajstić information content (AvgIpc) is 2.31. The summed E-state index contributed by atoms with van der Waals surface area (Å²) in [4.78, 5) is 4.43. The van der Waals surface area contributed by atoms with Crippen molar-refractivity contribution in [3.63, 3.8) is 0 Å². The quantitative estimate of drug-likeness (QED) is 0.658. The van der Waals surface area contributed by atoms with E-state index in [1.165, 1.54) is 5.56 Å². The van der Waals surface area contributed by atoms with Crippen molar-refractivity contribution in [1.29, 1.82) is 0 Å². The van der Waals surface area contributed by atoms with Gasteiger partial charge in [0.05, 0.1) is 18.0 Å². The largest absolute Gasteiger partial charge is 0.490 e. The molecular formula is C15H22N2O. The monoisotopic (exact) mass is 246 g/mol. The van der Waals surface area contributed by atoms with Crippen molar-refractivity contribution in [2.75, 3.05) is 0 Å². The zero-order valence-corrected chi connectivity index (χ0v) is 11.2. The van der Waals surface area contributed by atoms with Crippen molar-refractivity contribution >= 4 is 5.84 Å². The Balaban J connectivity index is 1.85. The molecule has 3 nitrogen and oxygen atoms in total. The van der Waals surface area contributed by atoms with Gasteiger partial charge in [0.15, 0.2) is 0 Å². The highest BCUT2D eigenvalue weighted by Crippen LogP contribution is 2.25. The zero-order valence-electron chi connectivity index (χ0n) is 11.2. The molecule has 0 aliphatic heterocycles. The van der Waals surface area contributed by atoms with Crippen LogP contribution in [0.4, 0.5) is 0 Å². The first kappa shape index (κ1) is 12.9. The maximum atomic E-state index is 6.01. The van der Waals surface area contributed by atoms with Crippen LogP contribution in [0.5, 0.6) is 5.75 Å². The van der Waals surface area contributed by atoms with E-state index in [-0.39, 0.29) is 0 Å². The second-order valence-electron chi connectivity index (χ2n) is 5.14. The Morgan fingerprint density at radius 3 is 2.61 bits per heavy atom. The minimum Gasteiger partial charge on any atom is -0.490 e. The highest BCUT2D eigenvalue weighted by Gasteiger charge is 2.21. The summed E-state index contributed by atoms with van der Waals surface area (Å²) in [5.41, 5.74) is 6.86. The van der Waals surface area contributed by atoms with Crippen LogP contribution in [0.3, 0.4) is 0 Å². The van der Waals surface area contributed by atoms with Gasteiger partial charge in [-0.1, -0.05) is 12.1 Å². The van der Waals surface area contributed by atoms with Gasteiger partial charge in [0.2, 0.25) is 0 Å². The van der Waals surface area contributed by atoms with Crippen LogP contribution in [0, 0.1) is 6.92 Å². The molecule has 0 heterocycles. The van der Waals surface area contributed by atoms with Crippen LogP contribution in [-0.2, 0) is 0 Å². The number of hydrogen-bond donors (Lipinski definition) is 1. The molecule has 2 rings (SSSR count). The number of aliphatic imine (C=N–C) groups is 1. The third kappa shape index (κ3) is 3.76. The number of hydrogen-bond acceptors (Lipinski definition) is 2. The SMILES string of the molecule is CC(N)=NC1CCC(Oc2cccc(C)c2)CC1. The standard InChI is InChI=1S/C15H22N2O/c1-11-4-3-5-15(10-11)18-14-8-6-13(7-9-14)17-12(2)16/h3-5,10,13-14H,6-9H2,1-2H3,(H2,16,17). The lowest BCUT2D eigenvalue weighted by molar-refractivity contribution is 0.147. The molecule has 1 fully saturated rings. The molecule has 0 spiro atoms. The molecule has 3 heteroatoms. The molecule has 0 atom stereocenters. The Labute approximate surface area is 109 Å². The van der Waals surface area contributed by atoms with Gasteiger partial charge in [-0.25, -0.2) is 0 Å². The van der Waals surface area contributed by atoms with Crippen LogP contribution >= 0.6 is 0 Å². The van der Waals surface area contributed by atoms with Crippen molar-refractivity contribution in [2.24, 2.45) is 10.7 Å². The normalized spacial score (nSPS) is 24.9. The Morgan fingerprint density at radius 1 is 1.28 bits per heavy atom. The van der Waals surface area contributed by atoms with Crippen LogP contribution in [0.15, 0.2) is 29.3 Å². The van der Waals surface area contributed by atoms with Gasteiger partial charge in [-0.2, -0.15) is 0 Å². The van der Waals surface area contributed by atoms with E-state index in [2.05, 4.69) is 24.0 Å². The van der Waals surface area contributed by atoms with E-state index >= 15 is 0 Å². The van der Waals surface area contributed by atoms with E-state index in [0.717, 1.165) is 31.4 Å². The van der Waals surface area contributed by atoms with Crippen molar-refractivity contribution in [1.82, 2.24) is 0 Å². The number of benzene rings is 1. The van der Waals surface area contributed by atoms with Crippen molar-refractivity contribution in [3.05, 3.63) is 29.8 Å². The van der Waals surface area contributed by atoms with Gasteiger partial charge < -0.3 is 10.5 Å². The van der Waals surface area contributed by atoms with E-state index in [0.29, 0.717) is 18.0 Å². The summed E-state index contributed by atoms with van der Waals surface area (Å²) in [5.74, 6) is 1.68. The summed E-state index contributed by atoms with van der Waals surface area (Å²) >= 11 is 0. The van der Waals surface area contributed by atoms with Crippen LogP contribution in [0.25, 0.3) is 0 Å². The molecule has 0 unspecified atom stereocenters. The fraction of sp³-hybridized carbons (Fsp3) is 0.533. The van der Waals surface area contributed by atoms with E-state index in [1.807, 2.05) is 19.1 Å². The minimum absolute atomic E-state index is 0.330. The molecule has 0 amide bonds. The maximum absolute atomic E-state index is 6.01. The summed E-state index contributed by atoms with van der Waals surface area (Å²) in [6, 6.07) is 8.64. The van der Waals surface area contributed by atoms with Gasteiger partial charge in [0.25, 0.3) is 0 Å². The number of ether oxygens (including phenoxy) is 1. The molecule has 1 saturated carbocycles. The summed E-state index contributed by atoms with van der Waals surface area (Å²) in [7, 11) is 0.